The molecule has 0 nitrogen and oxygen atoms in total. The van der Waals surface area contributed by atoms with E-state index in [2.05, 4.69) is 41.5 Å². The Labute approximate surface area is 139 Å². The molecule has 8 atom stereocenters. The lowest BCUT2D eigenvalue weighted by Gasteiger charge is -2.42. The minimum Gasteiger partial charge on any atom is -0.0713 e. The average molecular weight is 298 g/mol. The SMILES string of the molecule is [B]C([C@@H]1C[C@@H]2[C@H](C[C@H]1C)C2(C)C)[C@@H]1C[C@@H]2[C@H](C[C@H]1C)C2(C)C. The first kappa shape index (κ1) is 15.6. The zero-order valence-electron chi connectivity index (χ0n) is 15.6. The molecule has 0 aromatic heterocycles. The van der Waals surface area contributed by atoms with Crippen LogP contribution in [-0.2, 0) is 0 Å². The highest BCUT2D eigenvalue weighted by Crippen LogP contribution is 2.71. The van der Waals surface area contributed by atoms with Crippen molar-refractivity contribution in [2.24, 2.45) is 58.2 Å². The minimum atomic E-state index is 0.458. The zero-order valence-corrected chi connectivity index (χ0v) is 15.6. The minimum absolute atomic E-state index is 0.458. The molecule has 0 spiro atoms. The number of fused-ring (bicyclic) bond motifs is 2. The molecule has 0 heterocycles. The molecular weight excluding hydrogens is 263 g/mol. The lowest BCUT2D eigenvalue weighted by atomic mass is 9.56. The van der Waals surface area contributed by atoms with Gasteiger partial charge in [0.2, 0.25) is 0 Å². The number of hydrogen-bond donors (Lipinski definition) is 0. The van der Waals surface area contributed by atoms with Gasteiger partial charge >= 0.3 is 0 Å². The fraction of sp³-hybridized carbons (Fsp3) is 1.00. The van der Waals surface area contributed by atoms with Gasteiger partial charge in [-0.1, -0.05) is 47.4 Å². The first-order valence-corrected chi connectivity index (χ1v) is 9.91. The molecule has 122 valence electrons. The predicted molar refractivity (Wildman–Crippen MR) is 94.8 cm³/mol. The quantitative estimate of drug-likeness (QED) is 0.584. The van der Waals surface area contributed by atoms with Crippen molar-refractivity contribution in [3.05, 3.63) is 0 Å². The van der Waals surface area contributed by atoms with Crippen molar-refractivity contribution in [1.29, 1.82) is 0 Å². The van der Waals surface area contributed by atoms with Crippen molar-refractivity contribution in [2.75, 3.05) is 0 Å². The van der Waals surface area contributed by atoms with Crippen LogP contribution in [0.25, 0.3) is 0 Å². The van der Waals surface area contributed by atoms with Gasteiger partial charge < -0.3 is 0 Å². The van der Waals surface area contributed by atoms with Crippen LogP contribution < -0.4 is 0 Å². The molecule has 4 fully saturated rings. The maximum Gasteiger partial charge on any atom is 0.0707 e. The van der Waals surface area contributed by atoms with Crippen molar-refractivity contribution >= 4 is 7.85 Å². The number of hydrogen-bond acceptors (Lipinski definition) is 0. The summed E-state index contributed by atoms with van der Waals surface area (Å²) < 4.78 is 0. The van der Waals surface area contributed by atoms with Gasteiger partial charge in [-0.15, -0.1) is 0 Å². The summed E-state index contributed by atoms with van der Waals surface area (Å²) in [6.07, 6.45) is 5.71. The third-order valence-corrected chi connectivity index (χ3v) is 9.33. The number of rotatable bonds is 2. The van der Waals surface area contributed by atoms with E-state index in [9.17, 15) is 0 Å². The van der Waals surface area contributed by atoms with E-state index in [1.165, 1.54) is 25.7 Å². The highest BCUT2D eigenvalue weighted by atomic mass is 14.7. The first-order chi connectivity index (χ1) is 10.2. The summed E-state index contributed by atoms with van der Waals surface area (Å²) >= 11 is 0. The molecular formula is C21H35B. The molecule has 22 heavy (non-hydrogen) atoms. The molecule has 0 aliphatic heterocycles. The van der Waals surface area contributed by atoms with Crippen LogP contribution in [0.3, 0.4) is 0 Å². The Balaban J connectivity index is 1.46. The molecule has 0 N–H and O–H groups in total. The maximum absolute atomic E-state index is 6.94. The zero-order chi connectivity index (χ0) is 16.0. The second-order valence-corrected chi connectivity index (χ2v) is 10.9. The molecule has 2 radical (unpaired) electrons. The Morgan fingerprint density at radius 3 is 1.36 bits per heavy atom. The normalized spacial score (nSPS) is 54.5. The van der Waals surface area contributed by atoms with Gasteiger partial charge in [0.15, 0.2) is 0 Å². The second kappa shape index (κ2) is 4.57. The molecule has 0 aromatic rings. The van der Waals surface area contributed by atoms with Gasteiger partial charge in [0.1, 0.15) is 0 Å². The van der Waals surface area contributed by atoms with E-state index in [1.807, 2.05) is 0 Å². The first-order valence-electron chi connectivity index (χ1n) is 9.91. The molecule has 0 amide bonds. The van der Waals surface area contributed by atoms with Gasteiger partial charge in [-0.05, 0) is 83.9 Å². The van der Waals surface area contributed by atoms with E-state index in [-0.39, 0.29) is 0 Å². The summed E-state index contributed by atoms with van der Waals surface area (Å²) in [5.74, 6) is 7.67. The lowest BCUT2D eigenvalue weighted by molar-refractivity contribution is 0.147. The summed E-state index contributed by atoms with van der Waals surface area (Å²) in [5.41, 5.74) is 1.23. The molecule has 0 saturated heterocycles. The van der Waals surface area contributed by atoms with Crippen LogP contribution in [0, 0.1) is 58.2 Å². The second-order valence-electron chi connectivity index (χ2n) is 10.9. The predicted octanol–water partition coefficient (Wildman–Crippen LogP) is 5.58. The highest BCUT2D eigenvalue weighted by molar-refractivity contribution is 6.12. The molecule has 0 unspecified atom stereocenters. The molecule has 4 aliphatic rings. The van der Waals surface area contributed by atoms with Gasteiger partial charge in [0.25, 0.3) is 0 Å². The fourth-order valence-corrected chi connectivity index (χ4v) is 7.18. The maximum atomic E-state index is 6.94. The third-order valence-electron chi connectivity index (χ3n) is 9.33. The summed E-state index contributed by atoms with van der Waals surface area (Å²) in [4.78, 5) is 0. The van der Waals surface area contributed by atoms with Crippen molar-refractivity contribution < 1.29 is 0 Å². The van der Waals surface area contributed by atoms with Crippen molar-refractivity contribution in [3.63, 3.8) is 0 Å². The monoisotopic (exact) mass is 298 g/mol. The Bertz CT molecular complexity index is 423. The Kier molecular flexibility index (Phi) is 3.24. The van der Waals surface area contributed by atoms with Gasteiger partial charge in [0, 0.05) is 0 Å². The topological polar surface area (TPSA) is 0 Å². The fourth-order valence-electron chi connectivity index (χ4n) is 7.18. The van der Waals surface area contributed by atoms with Crippen LogP contribution in [0.4, 0.5) is 0 Å². The Hall–Kier alpha value is 0.0649. The average Bonchev–Trinajstić information content (AvgIpc) is 3.18. The standard InChI is InChI=1S/C21H35B/c1-11-7-15-17(20(15,3)4)9-13(11)19(22)14-10-18-16(8-12(14)2)21(18,5)6/h11-19H,7-10H2,1-6H3/t11-,12-,13-,14-,15+,16+,17-,18-/m1/s1. The molecule has 4 rings (SSSR count). The van der Waals surface area contributed by atoms with Gasteiger partial charge in [-0.3, -0.25) is 0 Å². The van der Waals surface area contributed by atoms with Crippen LogP contribution in [-0.4, -0.2) is 7.85 Å². The van der Waals surface area contributed by atoms with E-state index < -0.39 is 0 Å². The molecule has 4 aliphatic carbocycles. The van der Waals surface area contributed by atoms with E-state index >= 15 is 0 Å². The van der Waals surface area contributed by atoms with E-state index in [4.69, 9.17) is 7.85 Å². The summed E-state index contributed by atoms with van der Waals surface area (Å²) in [6.45, 7) is 14.9. The molecule has 1 heteroatoms. The molecule has 0 aromatic carbocycles. The van der Waals surface area contributed by atoms with Crippen LogP contribution in [0.5, 0.6) is 0 Å². The molecule has 4 saturated carbocycles. The van der Waals surface area contributed by atoms with E-state index in [1.54, 1.807) is 0 Å². The Morgan fingerprint density at radius 2 is 1.00 bits per heavy atom. The van der Waals surface area contributed by atoms with Crippen LogP contribution in [0.1, 0.15) is 67.2 Å². The summed E-state index contributed by atoms with van der Waals surface area (Å²) in [7, 11) is 6.94. The smallest absolute Gasteiger partial charge is 0.0707 e. The van der Waals surface area contributed by atoms with Gasteiger partial charge in [-0.25, -0.2) is 0 Å². The van der Waals surface area contributed by atoms with Crippen molar-refractivity contribution in [1.82, 2.24) is 0 Å². The Morgan fingerprint density at radius 1 is 0.682 bits per heavy atom. The largest absolute Gasteiger partial charge is 0.0713 e. The van der Waals surface area contributed by atoms with Gasteiger partial charge in [-0.2, -0.15) is 0 Å². The van der Waals surface area contributed by atoms with E-state index in [0.29, 0.717) is 16.6 Å². The highest BCUT2D eigenvalue weighted by Gasteiger charge is 2.63. The third kappa shape index (κ3) is 2.02. The summed E-state index contributed by atoms with van der Waals surface area (Å²) in [5, 5.41) is 0. The van der Waals surface area contributed by atoms with E-state index in [0.717, 1.165) is 47.3 Å². The van der Waals surface area contributed by atoms with Crippen molar-refractivity contribution in [2.45, 2.75) is 73.0 Å². The van der Waals surface area contributed by atoms with Crippen molar-refractivity contribution in [3.8, 4) is 0 Å². The lowest BCUT2D eigenvalue weighted by Crippen LogP contribution is -2.32. The van der Waals surface area contributed by atoms with Crippen LogP contribution >= 0.6 is 0 Å². The molecule has 0 bridgehead atoms. The van der Waals surface area contributed by atoms with Crippen LogP contribution in [0.15, 0.2) is 0 Å². The summed E-state index contributed by atoms with van der Waals surface area (Å²) in [6, 6.07) is 0. The van der Waals surface area contributed by atoms with Gasteiger partial charge in [0.05, 0.1) is 7.85 Å². The van der Waals surface area contributed by atoms with Crippen LogP contribution in [0.2, 0.25) is 5.82 Å².